The first-order chi connectivity index (χ1) is 8.45. The highest BCUT2D eigenvalue weighted by molar-refractivity contribution is 7.78. The molecule has 0 fully saturated rings. The fourth-order valence-electron chi connectivity index (χ4n) is 1.40. The summed E-state index contributed by atoms with van der Waals surface area (Å²) in [5.41, 5.74) is -0.356. The molecule has 1 rings (SSSR count). The predicted molar refractivity (Wildman–Crippen MR) is 62.8 cm³/mol. The van der Waals surface area contributed by atoms with Crippen LogP contribution in [-0.4, -0.2) is 18.5 Å². The molecule has 0 amide bonds. The maximum atomic E-state index is 13.8. The second-order valence-electron chi connectivity index (χ2n) is 3.43. The van der Waals surface area contributed by atoms with Gasteiger partial charge in [0.2, 0.25) is 0 Å². The number of hydrogen-bond donors (Lipinski definition) is 2. The Morgan fingerprint density at radius 2 is 2.11 bits per heavy atom. The Kier molecular flexibility index (Phi) is 5.03. The van der Waals surface area contributed by atoms with E-state index >= 15 is 0 Å². The van der Waals surface area contributed by atoms with Gasteiger partial charge in [0.1, 0.15) is 11.9 Å². The van der Waals surface area contributed by atoms with E-state index in [0.717, 1.165) is 12.1 Å². The number of carbonyl (C=O) groups is 1. The van der Waals surface area contributed by atoms with Gasteiger partial charge in [0.25, 0.3) is 0 Å². The zero-order valence-electron chi connectivity index (χ0n) is 9.49. The molecule has 0 radical (unpaired) electrons. The first kappa shape index (κ1) is 14.8. The molecule has 0 aromatic heterocycles. The lowest BCUT2D eigenvalue weighted by atomic mass is 10.0. The SMILES string of the molecule is CCOC(=O)C(F)(F)C(NS)c1ccccc1F. The zero-order chi connectivity index (χ0) is 13.8. The second-order valence-corrected chi connectivity index (χ2v) is 3.69. The van der Waals surface area contributed by atoms with E-state index in [2.05, 4.69) is 17.6 Å². The molecule has 18 heavy (non-hydrogen) atoms. The normalized spacial score (nSPS) is 13.2. The van der Waals surface area contributed by atoms with Gasteiger partial charge in [-0.1, -0.05) is 31.0 Å². The number of benzene rings is 1. The lowest BCUT2D eigenvalue weighted by Gasteiger charge is -2.24. The van der Waals surface area contributed by atoms with Gasteiger partial charge in [-0.15, -0.1) is 0 Å². The van der Waals surface area contributed by atoms with E-state index in [9.17, 15) is 18.0 Å². The Morgan fingerprint density at radius 3 is 2.61 bits per heavy atom. The number of nitrogens with one attached hydrogen (secondary N) is 1. The molecular weight excluding hydrogens is 267 g/mol. The van der Waals surface area contributed by atoms with E-state index in [-0.39, 0.29) is 12.2 Å². The molecule has 3 nitrogen and oxygen atoms in total. The minimum atomic E-state index is -3.92. The monoisotopic (exact) mass is 279 g/mol. The summed E-state index contributed by atoms with van der Waals surface area (Å²) in [6.45, 7) is 1.21. The molecule has 0 aliphatic rings. The lowest BCUT2D eigenvalue weighted by molar-refractivity contribution is -0.175. The number of rotatable bonds is 5. The van der Waals surface area contributed by atoms with Gasteiger partial charge >= 0.3 is 11.9 Å². The van der Waals surface area contributed by atoms with Crippen molar-refractivity contribution in [2.45, 2.75) is 18.9 Å². The number of thiol groups is 1. The summed E-state index contributed by atoms with van der Waals surface area (Å²) in [5, 5.41) is 0. The number of alkyl halides is 2. The van der Waals surface area contributed by atoms with Gasteiger partial charge in [-0.05, 0) is 13.0 Å². The molecule has 0 bridgehead atoms. The van der Waals surface area contributed by atoms with Gasteiger partial charge in [0.05, 0.1) is 6.61 Å². The molecule has 0 saturated heterocycles. The van der Waals surface area contributed by atoms with Crippen molar-refractivity contribution in [2.24, 2.45) is 0 Å². The zero-order valence-corrected chi connectivity index (χ0v) is 10.4. The van der Waals surface area contributed by atoms with E-state index in [1.54, 1.807) is 0 Å². The van der Waals surface area contributed by atoms with Crippen molar-refractivity contribution in [3.63, 3.8) is 0 Å². The van der Waals surface area contributed by atoms with Crippen LogP contribution in [0.15, 0.2) is 24.3 Å². The minimum Gasteiger partial charge on any atom is -0.462 e. The molecule has 0 saturated carbocycles. The number of hydrogen-bond acceptors (Lipinski definition) is 4. The highest BCUT2D eigenvalue weighted by atomic mass is 32.1. The quantitative estimate of drug-likeness (QED) is 0.642. The van der Waals surface area contributed by atoms with E-state index in [1.807, 2.05) is 4.72 Å². The van der Waals surface area contributed by atoms with E-state index < -0.39 is 23.8 Å². The van der Waals surface area contributed by atoms with Crippen LogP contribution >= 0.6 is 12.8 Å². The molecule has 0 heterocycles. The third-order valence-corrected chi connectivity index (χ3v) is 2.51. The van der Waals surface area contributed by atoms with Crippen LogP contribution in [0, 0.1) is 5.82 Å². The maximum Gasteiger partial charge on any atom is 0.379 e. The Morgan fingerprint density at radius 1 is 1.50 bits per heavy atom. The Balaban J connectivity index is 3.10. The topological polar surface area (TPSA) is 38.3 Å². The molecule has 1 aromatic rings. The highest BCUT2D eigenvalue weighted by Gasteiger charge is 2.50. The maximum absolute atomic E-state index is 13.8. The van der Waals surface area contributed by atoms with Crippen LogP contribution in [0.4, 0.5) is 13.2 Å². The molecule has 0 aliphatic heterocycles. The molecule has 0 spiro atoms. The van der Waals surface area contributed by atoms with Crippen LogP contribution in [0.1, 0.15) is 18.5 Å². The van der Waals surface area contributed by atoms with Gasteiger partial charge in [-0.3, -0.25) is 4.72 Å². The molecule has 1 N–H and O–H groups in total. The summed E-state index contributed by atoms with van der Waals surface area (Å²) in [6.07, 6.45) is 0. The average Bonchev–Trinajstić information content (AvgIpc) is 2.32. The number of carbonyl (C=O) groups excluding carboxylic acids is 1. The van der Waals surface area contributed by atoms with Crippen LogP contribution in [0.2, 0.25) is 0 Å². The summed E-state index contributed by atoms with van der Waals surface area (Å²) in [4.78, 5) is 11.2. The summed E-state index contributed by atoms with van der Waals surface area (Å²) < 4.78 is 47.2. The largest absolute Gasteiger partial charge is 0.462 e. The lowest BCUT2D eigenvalue weighted by Crippen LogP contribution is -2.42. The van der Waals surface area contributed by atoms with Gasteiger partial charge in [-0.2, -0.15) is 8.78 Å². The van der Waals surface area contributed by atoms with Gasteiger partial charge in [-0.25, -0.2) is 9.18 Å². The third kappa shape index (κ3) is 2.97. The number of halogens is 3. The molecule has 1 unspecified atom stereocenters. The Bertz CT molecular complexity index is 429. The molecule has 1 aromatic carbocycles. The van der Waals surface area contributed by atoms with Crippen molar-refractivity contribution in [3.8, 4) is 0 Å². The minimum absolute atomic E-state index is 0.189. The van der Waals surface area contributed by atoms with E-state index in [4.69, 9.17) is 0 Å². The van der Waals surface area contributed by atoms with E-state index in [0.29, 0.717) is 0 Å². The fraction of sp³-hybridized carbons (Fsp3) is 0.364. The highest BCUT2D eigenvalue weighted by Crippen LogP contribution is 2.34. The fourth-order valence-corrected chi connectivity index (χ4v) is 1.70. The van der Waals surface area contributed by atoms with E-state index in [1.165, 1.54) is 19.1 Å². The van der Waals surface area contributed by atoms with Crippen LogP contribution in [0.25, 0.3) is 0 Å². The molecule has 100 valence electrons. The first-order valence-electron chi connectivity index (χ1n) is 5.14. The van der Waals surface area contributed by atoms with Crippen LogP contribution in [0.3, 0.4) is 0 Å². The Labute approximate surface area is 108 Å². The number of ether oxygens (including phenoxy) is 1. The summed E-state index contributed by atoms with van der Waals surface area (Å²) in [6, 6.07) is 3.01. The van der Waals surface area contributed by atoms with Crippen molar-refractivity contribution in [1.29, 1.82) is 0 Å². The van der Waals surface area contributed by atoms with Crippen molar-refractivity contribution >= 4 is 18.8 Å². The smallest absolute Gasteiger partial charge is 0.379 e. The van der Waals surface area contributed by atoms with Gasteiger partial charge in [0, 0.05) is 5.56 Å². The second kappa shape index (κ2) is 6.10. The standard InChI is InChI=1S/C11H12F3NO2S/c1-2-17-10(16)11(13,14)9(15-18)7-5-3-4-6-8(7)12/h3-6,9,15,18H,2H2,1H3. The predicted octanol–water partition coefficient (Wildman–Crippen LogP) is 2.50. The number of esters is 1. The van der Waals surface area contributed by atoms with Crippen molar-refractivity contribution in [3.05, 3.63) is 35.6 Å². The van der Waals surface area contributed by atoms with Crippen molar-refractivity contribution in [1.82, 2.24) is 4.72 Å². The molecule has 7 heteroatoms. The molecular formula is C11H12F3NO2S. The summed E-state index contributed by atoms with van der Waals surface area (Å²) in [7, 11) is 0. The summed E-state index contributed by atoms with van der Waals surface area (Å²) >= 11 is 3.53. The van der Waals surface area contributed by atoms with Crippen LogP contribution in [-0.2, 0) is 9.53 Å². The average molecular weight is 279 g/mol. The third-order valence-electron chi connectivity index (χ3n) is 2.26. The van der Waals surface area contributed by atoms with Gasteiger partial charge < -0.3 is 4.74 Å². The van der Waals surface area contributed by atoms with Crippen LogP contribution in [0.5, 0.6) is 0 Å². The first-order valence-corrected chi connectivity index (χ1v) is 5.59. The van der Waals surface area contributed by atoms with Crippen molar-refractivity contribution in [2.75, 3.05) is 6.61 Å². The van der Waals surface area contributed by atoms with Crippen molar-refractivity contribution < 1.29 is 22.7 Å². The Hall–Kier alpha value is -1.21. The summed E-state index contributed by atoms with van der Waals surface area (Å²) in [5.74, 6) is -6.49. The van der Waals surface area contributed by atoms with Crippen LogP contribution < -0.4 is 4.72 Å². The molecule has 0 aliphatic carbocycles. The molecule has 1 atom stereocenters. The van der Waals surface area contributed by atoms with Gasteiger partial charge in [0.15, 0.2) is 0 Å².